The van der Waals surface area contributed by atoms with Crippen molar-refractivity contribution < 1.29 is 9.47 Å². The third-order valence-corrected chi connectivity index (χ3v) is 6.52. The van der Waals surface area contributed by atoms with E-state index in [1.807, 2.05) is 25.2 Å². The first-order valence-corrected chi connectivity index (χ1v) is 10.8. The van der Waals surface area contributed by atoms with Gasteiger partial charge in [0.05, 0.1) is 5.02 Å². The second kappa shape index (κ2) is 7.87. The zero-order chi connectivity index (χ0) is 20.6. The van der Waals surface area contributed by atoms with Gasteiger partial charge in [-0.2, -0.15) is 0 Å². The average Bonchev–Trinajstić information content (AvgIpc) is 3.18. The molecule has 1 saturated carbocycles. The highest BCUT2D eigenvalue weighted by Crippen LogP contribution is 2.49. The van der Waals surface area contributed by atoms with Crippen LogP contribution in [0.25, 0.3) is 0 Å². The van der Waals surface area contributed by atoms with E-state index in [1.165, 1.54) is 5.56 Å². The lowest BCUT2D eigenvalue weighted by Crippen LogP contribution is -2.46. The topological polar surface area (TPSA) is 71.0 Å². The Balaban J connectivity index is 1.18. The van der Waals surface area contributed by atoms with E-state index in [1.54, 1.807) is 6.20 Å². The summed E-state index contributed by atoms with van der Waals surface area (Å²) in [7, 11) is 1.82. The number of ether oxygens (including phenoxy) is 2. The van der Waals surface area contributed by atoms with E-state index in [-0.39, 0.29) is 5.41 Å². The lowest BCUT2D eigenvalue weighted by Gasteiger charge is -2.22. The van der Waals surface area contributed by atoms with E-state index in [0.717, 1.165) is 62.2 Å². The Bertz CT molecular complexity index is 962. The highest BCUT2D eigenvalue weighted by Gasteiger charge is 2.45. The molecule has 3 aliphatic rings. The Labute approximate surface area is 181 Å². The molecule has 8 heteroatoms. The lowest BCUT2D eigenvalue weighted by molar-refractivity contribution is 0.174. The Morgan fingerprint density at radius 2 is 2.17 bits per heavy atom. The number of fused-ring (bicyclic) bond motifs is 1. The van der Waals surface area contributed by atoms with Crippen LogP contribution in [-0.4, -0.2) is 50.5 Å². The summed E-state index contributed by atoms with van der Waals surface area (Å²) < 4.78 is 11.0. The van der Waals surface area contributed by atoms with Crippen molar-refractivity contribution in [2.45, 2.75) is 30.7 Å². The number of halogens is 1. The number of guanidine groups is 1. The molecule has 1 atom stereocenters. The average molecular weight is 428 g/mol. The smallest absolute Gasteiger partial charge is 0.231 e. The largest absolute Gasteiger partial charge is 0.454 e. The quantitative estimate of drug-likeness (QED) is 0.564. The first-order chi connectivity index (χ1) is 14.7. The number of nitrogens with one attached hydrogen (secondary N) is 2. The fourth-order valence-electron chi connectivity index (χ4n) is 4.27. The molecular formula is C22H26ClN5O2. The number of pyridine rings is 1. The van der Waals surface area contributed by atoms with Crippen LogP contribution < -0.4 is 25.0 Å². The van der Waals surface area contributed by atoms with Gasteiger partial charge in [0.25, 0.3) is 0 Å². The number of rotatable bonds is 5. The summed E-state index contributed by atoms with van der Waals surface area (Å²) in [4.78, 5) is 11.1. The zero-order valence-corrected chi connectivity index (χ0v) is 17.8. The van der Waals surface area contributed by atoms with Gasteiger partial charge >= 0.3 is 0 Å². The molecule has 158 valence electrons. The van der Waals surface area contributed by atoms with Crippen molar-refractivity contribution in [1.29, 1.82) is 0 Å². The highest BCUT2D eigenvalue weighted by atomic mass is 35.5. The molecule has 30 heavy (non-hydrogen) atoms. The predicted molar refractivity (Wildman–Crippen MR) is 118 cm³/mol. The number of aromatic nitrogens is 1. The van der Waals surface area contributed by atoms with E-state index in [4.69, 9.17) is 21.1 Å². The first kappa shape index (κ1) is 19.3. The van der Waals surface area contributed by atoms with Crippen molar-refractivity contribution in [2.24, 2.45) is 4.99 Å². The summed E-state index contributed by atoms with van der Waals surface area (Å²) in [5, 5.41) is 7.79. The Kier molecular flexibility index (Phi) is 5.06. The van der Waals surface area contributed by atoms with E-state index in [9.17, 15) is 0 Å². The molecule has 0 amide bonds. The van der Waals surface area contributed by atoms with Crippen LogP contribution in [-0.2, 0) is 5.41 Å². The summed E-state index contributed by atoms with van der Waals surface area (Å²) in [5.74, 6) is 3.37. The van der Waals surface area contributed by atoms with Crippen molar-refractivity contribution in [3.05, 3.63) is 47.1 Å². The first-order valence-electron chi connectivity index (χ1n) is 10.4. The Morgan fingerprint density at radius 3 is 2.97 bits per heavy atom. The van der Waals surface area contributed by atoms with E-state index >= 15 is 0 Å². The van der Waals surface area contributed by atoms with Crippen LogP contribution in [0.1, 0.15) is 24.8 Å². The highest BCUT2D eigenvalue weighted by molar-refractivity contribution is 6.32. The predicted octanol–water partition coefficient (Wildman–Crippen LogP) is 2.94. The molecule has 1 unspecified atom stereocenters. The number of aliphatic imine (C=N–C) groups is 1. The van der Waals surface area contributed by atoms with Crippen LogP contribution in [0.2, 0.25) is 5.02 Å². The molecule has 2 aliphatic heterocycles. The molecule has 1 saturated heterocycles. The molecule has 5 rings (SSSR count). The second-order valence-corrected chi connectivity index (χ2v) is 8.57. The molecule has 2 N–H and O–H groups in total. The zero-order valence-electron chi connectivity index (χ0n) is 17.0. The SMILES string of the molecule is CN=C(NCC1(c2ccc3c(c2)OCO3)CC1)NC1CCN(c2ncccc2Cl)C1. The van der Waals surface area contributed by atoms with Crippen molar-refractivity contribution in [2.75, 3.05) is 38.4 Å². The molecule has 1 aromatic heterocycles. The maximum atomic E-state index is 6.31. The molecule has 2 aromatic rings. The fraction of sp³-hybridized carbons (Fsp3) is 0.455. The normalized spacial score (nSPS) is 21.6. The summed E-state index contributed by atoms with van der Waals surface area (Å²) in [6.07, 6.45) is 5.12. The van der Waals surface area contributed by atoms with Crippen LogP contribution in [0.3, 0.4) is 0 Å². The van der Waals surface area contributed by atoms with E-state index in [2.05, 4.69) is 37.6 Å². The third kappa shape index (κ3) is 3.74. The minimum absolute atomic E-state index is 0.141. The molecular weight excluding hydrogens is 402 g/mol. The minimum atomic E-state index is 0.141. The van der Waals surface area contributed by atoms with Crippen molar-refractivity contribution in [1.82, 2.24) is 15.6 Å². The molecule has 3 heterocycles. The van der Waals surface area contributed by atoms with Crippen LogP contribution >= 0.6 is 11.6 Å². The molecule has 0 radical (unpaired) electrons. The molecule has 0 spiro atoms. The van der Waals surface area contributed by atoms with Gasteiger partial charge in [-0.15, -0.1) is 0 Å². The van der Waals surface area contributed by atoms with Crippen LogP contribution in [0.5, 0.6) is 11.5 Å². The standard InChI is InChI=1S/C22H26ClN5O2/c1-24-21(27-16-6-10-28(12-16)20-17(23)3-2-9-25-20)26-13-22(7-8-22)15-4-5-18-19(11-15)30-14-29-18/h2-5,9,11,16H,6-8,10,12-14H2,1H3,(H2,24,26,27). The third-order valence-electron chi connectivity index (χ3n) is 6.22. The molecule has 7 nitrogen and oxygen atoms in total. The monoisotopic (exact) mass is 427 g/mol. The van der Waals surface area contributed by atoms with Crippen molar-refractivity contribution >= 4 is 23.4 Å². The molecule has 2 fully saturated rings. The molecule has 1 aliphatic carbocycles. The van der Waals surface area contributed by atoms with Gasteiger partial charge in [0.2, 0.25) is 6.79 Å². The van der Waals surface area contributed by atoms with E-state index < -0.39 is 0 Å². The Hall–Kier alpha value is -2.67. The van der Waals surface area contributed by atoms with Gasteiger partial charge in [-0.05, 0) is 49.1 Å². The van der Waals surface area contributed by atoms with Crippen LogP contribution in [0, 0.1) is 0 Å². The van der Waals surface area contributed by atoms with Crippen molar-refractivity contribution in [3.63, 3.8) is 0 Å². The molecule has 1 aromatic carbocycles. The van der Waals surface area contributed by atoms with Gasteiger partial charge in [0.15, 0.2) is 17.5 Å². The number of nitrogens with zero attached hydrogens (tertiary/aromatic N) is 3. The fourth-order valence-corrected chi connectivity index (χ4v) is 4.51. The van der Waals surface area contributed by atoms with Gasteiger partial charge in [-0.1, -0.05) is 17.7 Å². The minimum Gasteiger partial charge on any atom is -0.454 e. The molecule has 0 bridgehead atoms. The van der Waals surface area contributed by atoms with Gasteiger partial charge in [0, 0.05) is 44.3 Å². The summed E-state index contributed by atoms with van der Waals surface area (Å²) in [6, 6.07) is 10.3. The number of hydrogen-bond donors (Lipinski definition) is 2. The maximum absolute atomic E-state index is 6.31. The second-order valence-electron chi connectivity index (χ2n) is 8.16. The summed E-state index contributed by atoms with van der Waals surface area (Å²) >= 11 is 6.31. The number of benzene rings is 1. The summed E-state index contributed by atoms with van der Waals surface area (Å²) in [6.45, 7) is 2.93. The van der Waals surface area contributed by atoms with Crippen LogP contribution in [0.4, 0.5) is 5.82 Å². The van der Waals surface area contributed by atoms with Gasteiger partial charge in [0.1, 0.15) is 5.82 Å². The van der Waals surface area contributed by atoms with E-state index in [0.29, 0.717) is 17.9 Å². The Morgan fingerprint density at radius 1 is 1.30 bits per heavy atom. The van der Waals surface area contributed by atoms with Gasteiger partial charge in [-0.3, -0.25) is 4.99 Å². The van der Waals surface area contributed by atoms with Gasteiger partial charge < -0.3 is 25.0 Å². The van der Waals surface area contributed by atoms with Gasteiger partial charge in [-0.25, -0.2) is 4.98 Å². The lowest BCUT2D eigenvalue weighted by atomic mass is 9.95. The number of anilines is 1. The van der Waals surface area contributed by atoms with Crippen LogP contribution in [0.15, 0.2) is 41.5 Å². The number of hydrogen-bond acceptors (Lipinski definition) is 5. The summed E-state index contributed by atoms with van der Waals surface area (Å²) in [5.41, 5.74) is 1.44. The maximum Gasteiger partial charge on any atom is 0.231 e. The van der Waals surface area contributed by atoms with Crippen molar-refractivity contribution in [3.8, 4) is 11.5 Å².